The molecule has 1 N–H and O–H groups in total. The van der Waals surface area contributed by atoms with Crippen LogP contribution in [-0.4, -0.2) is 63.7 Å². The second-order valence-electron chi connectivity index (χ2n) is 10.7. The van der Waals surface area contributed by atoms with Crippen LogP contribution in [0.15, 0.2) is 24.4 Å². The van der Waals surface area contributed by atoms with Crippen molar-refractivity contribution in [3.63, 3.8) is 0 Å². The number of aryl methyl sites for hydroxylation is 2. The number of imide groups is 1. The number of amides is 3. The molecule has 186 valence electrons. The summed E-state index contributed by atoms with van der Waals surface area (Å²) in [6.45, 7) is 11.0. The zero-order valence-electron chi connectivity index (χ0n) is 20.9. The number of aromatic nitrogens is 2. The van der Waals surface area contributed by atoms with Crippen molar-refractivity contribution in [1.29, 1.82) is 0 Å². The van der Waals surface area contributed by atoms with E-state index in [2.05, 4.69) is 10.3 Å². The van der Waals surface area contributed by atoms with Crippen molar-refractivity contribution >= 4 is 39.3 Å². The molecule has 6 rings (SSSR count). The lowest BCUT2D eigenvalue weighted by Gasteiger charge is -2.28. The Labute approximate surface area is 213 Å². The lowest BCUT2D eigenvalue weighted by molar-refractivity contribution is -0.143. The van der Waals surface area contributed by atoms with Crippen LogP contribution in [0.2, 0.25) is 0 Å². The fourth-order valence-electron chi connectivity index (χ4n) is 5.90. The fourth-order valence-corrected chi connectivity index (χ4v) is 7.01. The molecule has 2 atom stereocenters. The Morgan fingerprint density at radius 3 is 2.53 bits per heavy atom. The van der Waals surface area contributed by atoms with E-state index in [9.17, 15) is 14.4 Å². The number of nitrogens with one attached hydrogen (secondary N) is 1. The summed E-state index contributed by atoms with van der Waals surface area (Å²) in [5, 5.41) is 3.30. The highest BCUT2D eigenvalue weighted by Crippen LogP contribution is 2.63. The van der Waals surface area contributed by atoms with Gasteiger partial charge >= 0.3 is 0 Å². The van der Waals surface area contributed by atoms with Gasteiger partial charge in [-0.2, -0.15) is 0 Å². The Morgan fingerprint density at radius 1 is 1.14 bits per heavy atom. The van der Waals surface area contributed by atoms with E-state index in [1.807, 2.05) is 50.8 Å². The highest BCUT2D eigenvalue weighted by atomic mass is 32.1. The van der Waals surface area contributed by atoms with E-state index >= 15 is 0 Å². The van der Waals surface area contributed by atoms with E-state index in [-0.39, 0.29) is 41.5 Å². The molecule has 0 aromatic carbocycles. The number of hydrogen-bond donors (Lipinski definition) is 1. The number of pyridine rings is 2. The minimum Gasteiger partial charge on any atom is -0.336 e. The molecule has 3 fully saturated rings. The molecule has 3 amide bonds. The summed E-state index contributed by atoms with van der Waals surface area (Å²) in [6, 6.07) is 5.80. The summed E-state index contributed by atoms with van der Waals surface area (Å²) in [5.41, 5.74) is 4.43. The molecule has 8 nitrogen and oxygen atoms in total. The number of fused-ring (bicyclic) bond motifs is 2. The van der Waals surface area contributed by atoms with E-state index in [4.69, 9.17) is 4.98 Å². The molecule has 0 bridgehead atoms. The van der Waals surface area contributed by atoms with Gasteiger partial charge in [-0.05, 0) is 43.0 Å². The first-order chi connectivity index (χ1) is 17.2. The van der Waals surface area contributed by atoms with Crippen molar-refractivity contribution in [3.8, 4) is 11.3 Å². The van der Waals surface area contributed by atoms with Gasteiger partial charge in [0.15, 0.2) is 0 Å². The van der Waals surface area contributed by atoms with Gasteiger partial charge in [-0.25, -0.2) is 0 Å². The maximum absolute atomic E-state index is 13.6. The van der Waals surface area contributed by atoms with Gasteiger partial charge < -0.3 is 10.2 Å². The highest BCUT2D eigenvalue weighted by molar-refractivity contribution is 7.19. The zero-order chi connectivity index (χ0) is 25.4. The van der Waals surface area contributed by atoms with Crippen LogP contribution in [0.1, 0.15) is 40.3 Å². The number of piperidine rings is 1. The molecule has 3 aromatic heterocycles. The van der Waals surface area contributed by atoms with Gasteiger partial charge in [-0.3, -0.25) is 29.3 Å². The summed E-state index contributed by atoms with van der Waals surface area (Å²) >= 11 is 1.51. The van der Waals surface area contributed by atoms with E-state index in [0.717, 1.165) is 45.0 Å². The summed E-state index contributed by atoms with van der Waals surface area (Å²) in [5.74, 6) is -0.522. The quantitative estimate of drug-likeness (QED) is 0.550. The monoisotopic (exact) mass is 503 g/mol. The van der Waals surface area contributed by atoms with Crippen LogP contribution in [0.25, 0.3) is 21.5 Å². The van der Waals surface area contributed by atoms with Gasteiger partial charge in [0.1, 0.15) is 0 Å². The standard InChI is InChI=1S/C27H29N5O3S/c1-14-11-15(2)30-22(19(14)24(33)31-9-7-28-8-10-31)17-5-6-29-18-12-16(36-23(17)18)13-32-25(34)20-21(26(32)35)27(20,3)4/h5-6,11-12,20-21,28H,7-10,13H2,1-4H3. The molecule has 0 spiro atoms. The number of carbonyl (C=O) groups excluding carboxylic acids is 3. The summed E-state index contributed by atoms with van der Waals surface area (Å²) < 4.78 is 0.906. The van der Waals surface area contributed by atoms with Crippen LogP contribution < -0.4 is 5.32 Å². The average molecular weight is 504 g/mol. The van der Waals surface area contributed by atoms with Crippen molar-refractivity contribution in [3.05, 3.63) is 46.1 Å². The third-order valence-electron chi connectivity index (χ3n) is 7.89. The van der Waals surface area contributed by atoms with Crippen LogP contribution in [-0.2, 0) is 16.1 Å². The predicted molar refractivity (Wildman–Crippen MR) is 137 cm³/mol. The normalized spacial score (nSPS) is 22.9. The van der Waals surface area contributed by atoms with Gasteiger partial charge in [0.2, 0.25) is 11.8 Å². The zero-order valence-corrected chi connectivity index (χ0v) is 21.7. The predicted octanol–water partition coefficient (Wildman–Crippen LogP) is 3.16. The van der Waals surface area contributed by atoms with Crippen LogP contribution in [0.3, 0.4) is 0 Å². The van der Waals surface area contributed by atoms with Crippen LogP contribution in [0.4, 0.5) is 0 Å². The Balaban J connectivity index is 1.38. The molecule has 2 saturated heterocycles. The first-order valence-electron chi connectivity index (χ1n) is 12.4. The molecule has 5 heterocycles. The first-order valence-corrected chi connectivity index (χ1v) is 13.2. The van der Waals surface area contributed by atoms with Gasteiger partial charge in [0.05, 0.1) is 39.9 Å². The molecule has 1 aliphatic carbocycles. The van der Waals surface area contributed by atoms with Gasteiger partial charge in [0, 0.05) is 48.5 Å². The molecular weight excluding hydrogens is 474 g/mol. The number of carbonyl (C=O) groups is 3. The Bertz CT molecular complexity index is 1410. The third-order valence-corrected chi connectivity index (χ3v) is 9.03. The number of rotatable bonds is 4. The number of likely N-dealkylation sites (tertiary alicyclic amines) is 1. The van der Waals surface area contributed by atoms with Gasteiger partial charge in [0.25, 0.3) is 5.91 Å². The molecule has 1 saturated carbocycles. The molecule has 9 heteroatoms. The topological polar surface area (TPSA) is 95.5 Å². The molecule has 3 aliphatic rings. The molecular formula is C27H29N5O3S. The summed E-state index contributed by atoms with van der Waals surface area (Å²) in [4.78, 5) is 52.9. The lowest BCUT2D eigenvalue weighted by Crippen LogP contribution is -2.46. The second-order valence-corrected chi connectivity index (χ2v) is 11.8. The third kappa shape index (κ3) is 3.48. The van der Waals surface area contributed by atoms with E-state index in [1.165, 1.54) is 16.2 Å². The highest BCUT2D eigenvalue weighted by Gasteiger charge is 2.72. The first kappa shape index (κ1) is 23.2. The molecule has 3 aromatic rings. The number of hydrogen-bond acceptors (Lipinski definition) is 7. The molecule has 36 heavy (non-hydrogen) atoms. The van der Waals surface area contributed by atoms with Gasteiger partial charge in [-0.1, -0.05) is 13.8 Å². The largest absolute Gasteiger partial charge is 0.336 e. The number of thiophene rings is 1. The Hall–Kier alpha value is -3.17. The van der Waals surface area contributed by atoms with E-state index < -0.39 is 0 Å². The van der Waals surface area contributed by atoms with E-state index in [1.54, 1.807) is 6.20 Å². The van der Waals surface area contributed by atoms with Crippen molar-refractivity contribution in [1.82, 2.24) is 25.1 Å². The number of nitrogens with zero attached hydrogens (tertiary/aromatic N) is 4. The molecule has 2 unspecified atom stereocenters. The molecule has 0 radical (unpaired) electrons. The summed E-state index contributed by atoms with van der Waals surface area (Å²) in [6.07, 6.45) is 1.73. The van der Waals surface area contributed by atoms with Gasteiger partial charge in [-0.15, -0.1) is 11.3 Å². The minimum absolute atomic E-state index is 0.00616. The smallest absolute Gasteiger partial charge is 0.256 e. The van der Waals surface area contributed by atoms with E-state index in [0.29, 0.717) is 24.3 Å². The molecule has 2 aliphatic heterocycles. The van der Waals surface area contributed by atoms with Crippen molar-refractivity contribution in [2.24, 2.45) is 17.3 Å². The fraction of sp³-hybridized carbons (Fsp3) is 0.444. The maximum Gasteiger partial charge on any atom is 0.256 e. The average Bonchev–Trinajstić information content (AvgIpc) is 3.10. The van der Waals surface area contributed by atoms with Crippen molar-refractivity contribution in [2.75, 3.05) is 26.2 Å². The Morgan fingerprint density at radius 2 is 1.83 bits per heavy atom. The van der Waals surface area contributed by atoms with Crippen molar-refractivity contribution in [2.45, 2.75) is 34.2 Å². The number of piperazine rings is 1. The van der Waals surface area contributed by atoms with Crippen LogP contribution >= 0.6 is 11.3 Å². The van der Waals surface area contributed by atoms with Crippen LogP contribution in [0, 0.1) is 31.1 Å². The maximum atomic E-state index is 13.6. The SMILES string of the molecule is Cc1cc(C)c(C(=O)N2CCNCC2)c(-c2ccnc3cc(CN4C(=O)C5C(C4=O)C5(C)C)sc23)n1. The second kappa shape index (κ2) is 8.18. The lowest BCUT2D eigenvalue weighted by atomic mass is 9.99. The minimum atomic E-state index is -0.221. The summed E-state index contributed by atoms with van der Waals surface area (Å²) in [7, 11) is 0. The van der Waals surface area contributed by atoms with Crippen LogP contribution in [0.5, 0.6) is 0 Å². The van der Waals surface area contributed by atoms with Crippen molar-refractivity contribution < 1.29 is 14.4 Å². The Kier molecular flexibility index (Phi) is 5.28.